The van der Waals surface area contributed by atoms with E-state index in [0.717, 1.165) is 0 Å². The van der Waals surface area contributed by atoms with Crippen molar-refractivity contribution in [1.29, 1.82) is 0 Å². The van der Waals surface area contributed by atoms with Crippen LogP contribution >= 0.6 is 23.2 Å². The number of rotatable bonds is 3. The van der Waals surface area contributed by atoms with E-state index >= 15 is 0 Å². The maximum Gasteiger partial charge on any atom is 0.193 e. The molecule has 0 aliphatic carbocycles. The highest BCUT2D eigenvalue weighted by Gasteiger charge is 2.29. The van der Waals surface area contributed by atoms with E-state index in [4.69, 9.17) is 33.4 Å². The van der Waals surface area contributed by atoms with Gasteiger partial charge < -0.3 is 10.2 Å². The van der Waals surface area contributed by atoms with E-state index in [1.165, 1.54) is 0 Å². The second kappa shape index (κ2) is 3.62. The first-order valence-electron chi connectivity index (χ1n) is 2.73. The average Bonchev–Trinajstić information content (AvgIpc) is 1.65. The van der Waals surface area contributed by atoms with Gasteiger partial charge in [0.25, 0.3) is 0 Å². The summed E-state index contributed by atoms with van der Waals surface area (Å²) in [4.78, 5) is -1.13. The summed E-state index contributed by atoms with van der Waals surface area (Å²) < 4.78 is 0. The minimum absolute atomic E-state index is 0.199. The Kier molecular flexibility index (Phi) is 3.82. The Morgan fingerprint density at radius 1 is 1.44 bits per heavy atom. The quantitative estimate of drug-likeness (QED) is 0.498. The minimum Gasteiger partial charge on any atom is -0.363 e. The van der Waals surface area contributed by atoms with Crippen molar-refractivity contribution >= 4 is 23.2 Å². The van der Waals surface area contributed by atoms with Gasteiger partial charge in [-0.05, 0) is 0 Å². The lowest BCUT2D eigenvalue weighted by molar-refractivity contribution is -0.153. The van der Waals surface area contributed by atoms with Gasteiger partial charge in [0.15, 0.2) is 10.6 Å². The zero-order chi connectivity index (χ0) is 7.49. The molecule has 0 spiro atoms. The molecular weight excluding hydrogens is 163 g/mol. The van der Waals surface area contributed by atoms with Crippen LogP contribution in [0.2, 0.25) is 0 Å². The number of alkyl halides is 2. The van der Waals surface area contributed by atoms with Crippen molar-refractivity contribution in [3.63, 3.8) is 0 Å². The molecule has 0 bridgehead atoms. The summed E-state index contributed by atoms with van der Waals surface area (Å²) >= 11 is 10.4. The van der Waals surface area contributed by atoms with E-state index in [9.17, 15) is 0 Å². The van der Waals surface area contributed by atoms with Crippen molar-refractivity contribution in [3.05, 3.63) is 0 Å². The van der Waals surface area contributed by atoms with Gasteiger partial charge >= 0.3 is 0 Å². The Morgan fingerprint density at radius 2 is 1.89 bits per heavy atom. The van der Waals surface area contributed by atoms with Crippen LogP contribution in [-0.4, -0.2) is 20.8 Å². The van der Waals surface area contributed by atoms with Crippen LogP contribution < -0.4 is 0 Å². The third-order valence-electron chi connectivity index (χ3n) is 0.967. The molecule has 0 amide bonds. The third-order valence-corrected chi connectivity index (χ3v) is 1.67. The molecule has 0 unspecified atom stereocenters. The van der Waals surface area contributed by atoms with Crippen LogP contribution in [0, 0.1) is 0 Å². The third kappa shape index (κ3) is 3.26. The maximum atomic E-state index is 8.88. The van der Waals surface area contributed by atoms with Gasteiger partial charge in [0.1, 0.15) is 0 Å². The molecule has 0 atom stereocenters. The summed E-state index contributed by atoms with van der Waals surface area (Å²) in [6.45, 7) is 1.82. The Balaban J connectivity index is 3.70. The van der Waals surface area contributed by atoms with E-state index in [0.29, 0.717) is 6.42 Å². The van der Waals surface area contributed by atoms with Crippen molar-refractivity contribution < 1.29 is 10.2 Å². The van der Waals surface area contributed by atoms with Gasteiger partial charge in [0, 0.05) is 6.42 Å². The Labute approximate surface area is 64.4 Å². The highest BCUT2D eigenvalue weighted by atomic mass is 35.5. The van der Waals surface area contributed by atoms with E-state index in [1.54, 1.807) is 0 Å². The van der Waals surface area contributed by atoms with Crippen molar-refractivity contribution in [2.24, 2.45) is 0 Å². The second-order valence-corrected chi connectivity index (χ2v) is 3.03. The Morgan fingerprint density at radius 3 is 2.00 bits per heavy atom. The van der Waals surface area contributed by atoms with Gasteiger partial charge in [-0.1, -0.05) is 36.5 Å². The first-order valence-corrected chi connectivity index (χ1v) is 3.61. The van der Waals surface area contributed by atoms with Gasteiger partial charge in [-0.3, -0.25) is 0 Å². The molecule has 56 valence electrons. The van der Waals surface area contributed by atoms with Crippen LogP contribution in [0.15, 0.2) is 0 Å². The van der Waals surface area contributed by atoms with Gasteiger partial charge in [-0.25, -0.2) is 0 Å². The fraction of sp³-hybridized carbons (Fsp3) is 1.00. The predicted molar refractivity (Wildman–Crippen MR) is 37.6 cm³/mol. The van der Waals surface area contributed by atoms with Crippen molar-refractivity contribution in [2.45, 2.75) is 30.4 Å². The highest BCUT2D eigenvalue weighted by molar-refractivity contribution is 6.44. The summed E-state index contributed by atoms with van der Waals surface area (Å²) in [5, 5.41) is 17.8. The fourth-order valence-electron chi connectivity index (χ4n) is 0.477. The molecule has 4 heteroatoms. The largest absolute Gasteiger partial charge is 0.363 e. The lowest BCUT2D eigenvalue weighted by atomic mass is 10.2. The molecular formula is C5H10Cl2O2. The normalized spacial score (nSPS) is 12.7. The summed E-state index contributed by atoms with van der Waals surface area (Å²) in [6.07, 6.45) is 0.841. The van der Waals surface area contributed by atoms with Crippen molar-refractivity contribution in [3.8, 4) is 0 Å². The number of hydrogen-bond acceptors (Lipinski definition) is 2. The van der Waals surface area contributed by atoms with Crippen LogP contribution in [-0.2, 0) is 0 Å². The van der Waals surface area contributed by atoms with Crippen molar-refractivity contribution in [2.75, 3.05) is 0 Å². The first kappa shape index (κ1) is 9.50. The average molecular weight is 173 g/mol. The number of hydrogen-bond donors (Lipinski definition) is 2. The second-order valence-electron chi connectivity index (χ2n) is 1.93. The Hall–Kier alpha value is 0.500. The lowest BCUT2D eigenvalue weighted by Gasteiger charge is -2.21. The minimum atomic E-state index is -1.92. The fourth-order valence-corrected chi connectivity index (χ4v) is 0.695. The van der Waals surface area contributed by atoms with Crippen LogP contribution in [0.1, 0.15) is 19.8 Å². The van der Waals surface area contributed by atoms with Crippen LogP contribution in [0.4, 0.5) is 0 Å². The lowest BCUT2D eigenvalue weighted by Crippen LogP contribution is -2.35. The summed E-state index contributed by atoms with van der Waals surface area (Å²) in [5.74, 6) is -1.92. The zero-order valence-corrected chi connectivity index (χ0v) is 6.65. The van der Waals surface area contributed by atoms with Crippen LogP contribution in [0.3, 0.4) is 0 Å². The van der Waals surface area contributed by atoms with Crippen LogP contribution in [0.5, 0.6) is 0 Å². The molecule has 0 saturated heterocycles. The van der Waals surface area contributed by atoms with E-state index in [1.807, 2.05) is 6.92 Å². The van der Waals surface area contributed by atoms with Gasteiger partial charge in [-0.15, -0.1) is 0 Å². The highest BCUT2D eigenvalue weighted by Crippen LogP contribution is 2.21. The molecule has 0 aromatic carbocycles. The smallest absolute Gasteiger partial charge is 0.193 e. The number of aliphatic hydroxyl groups is 2. The zero-order valence-electron chi connectivity index (χ0n) is 5.14. The monoisotopic (exact) mass is 172 g/mol. The van der Waals surface area contributed by atoms with Crippen LogP contribution in [0.25, 0.3) is 0 Å². The molecule has 2 nitrogen and oxygen atoms in total. The van der Waals surface area contributed by atoms with E-state index in [-0.39, 0.29) is 6.42 Å². The predicted octanol–water partition coefficient (Wildman–Crippen LogP) is 1.27. The molecule has 0 radical (unpaired) electrons. The molecule has 0 aliphatic heterocycles. The molecule has 0 aliphatic rings. The van der Waals surface area contributed by atoms with Gasteiger partial charge in [0.05, 0.1) is 0 Å². The van der Waals surface area contributed by atoms with Gasteiger partial charge in [0.2, 0.25) is 0 Å². The van der Waals surface area contributed by atoms with E-state index in [2.05, 4.69) is 0 Å². The maximum absolute atomic E-state index is 8.88. The first-order chi connectivity index (χ1) is 4.00. The summed E-state index contributed by atoms with van der Waals surface area (Å²) in [7, 11) is 0. The molecule has 0 fully saturated rings. The molecule has 2 N–H and O–H groups in total. The molecule has 0 heterocycles. The standard InChI is InChI=1S/C5H10Cl2O2/c1-2-3-5(8,9)4(6)7/h4,8-9H,2-3H2,1H3. The number of halogens is 2. The topological polar surface area (TPSA) is 40.5 Å². The Bertz CT molecular complexity index is 83.0. The molecule has 0 aromatic rings. The molecule has 0 aromatic heterocycles. The molecule has 9 heavy (non-hydrogen) atoms. The van der Waals surface area contributed by atoms with Crippen molar-refractivity contribution in [1.82, 2.24) is 0 Å². The van der Waals surface area contributed by atoms with Gasteiger partial charge in [-0.2, -0.15) is 0 Å². The van der Waals surface area contributed by atoms with E-state index < -0.39 is 10.6 Å². The molecule has 0 saturated carbocycles. The summed E-state index contributed by atoms with van der Waals surface area (Å²) in [5.41, 5.74) is 0. The SMILES string of the molecule is CCCC(O)(O)C(Cl)Cl. The summed E-state index contributed by atoms with van der Waals surface area (Å²) in [6, 6.07) is 0. The molecule has 0 rings (SSSR count).